The summed E-state index contributed by atoms with van der Waals surface area (Å²) in [5.41, 5.74) is 1.96. The number of carbonyl (C=O) groups is 1. The van der Waals surface area contributed by atoms with E-state index in [1.54, 1.807) is 24.9 Å². The molecule has 0 spiro atoms. The van der Waals surface area contributed by atoms with Crippen LogP contribution in [-0.2, 0) is 4.79 Å². The summed E-state index contributed by atoms with van der Waals surface area (Å²) in [7, 11) is 1.61. The first kappa shape index (κ1) is 15.4. The summed E-state index contributed by atoms with van der Waals surface area (Å²) >= 11 is 1.55. The zero-order chi connectivity index (χ0) is 15.2. The lowest BCUT2D eigenvalue weighted by Crippen LogP contribution is -2.22. The van der Waals surface area contributed by atoms with Crippen molar-refractivity contribution in [3.8, 4) is 5.75 Å². The summed E-state index contributed by atoms with van der Waals surface area (Å²) in [6, 6.07) is 15.5. The second-order valence-corrected chi connectivity index (χ2v) is 6.21. The third kappa shape index (κ3) is 4.53. The highest BCUT2D eigenvalue weighted by Crippen LogP contribution is 2.25. The highest BCUT2D eigenvalue weighted by Gasteiger charge is 2.14. The van der Waals surface area contributed by atoms with Gasteiger partial charge in [0.1, 0.15) is 5.75 Å². The van der Waals surface area contributed by atoms with Crippen molar-refractivity contribution in [3.63, 3.8) is 0 Å². The molecule has 21 heavy (non-hydrogen) atoms. The molecule has 0 saturated heterocycles. The Bertz CT molecular complexity index is 610. The molecule has 2 rings (SSSR count). The van der Waals surface area contributed by atoms with Gasteiger partial charge in [-0.1, -0.05) is 23.8 Å². The predicted octanol–water partition coefficient (Wildman–Crippen LogP) is 4.12. The largest absolute Gasteiger partial charge is 0.497 e. The van der Waals surface area contributed by atoms with E-state index < -0.39 is 0 Å². The molecule has 0 aliphatic rings. The number of ether oxygens (including phenoxy) is 1. The van der Waals surface area contributed by atoms with Crippen LogP contribution in [0.1, 0.15) is 12.5 Å². The summed E-state index contributed by atoms with van der Waals surface area (Å²) in [5.74, 6) is 0.709. The number of benzene rings is 2. The third-order valence-corrected chi connectivity index (χ3v) is 4.15. The first-order valence-corrected chi connectivity index (χ1v) is 7.64. The Balaban J connectivity index is 1.97. The third-order valence-electron chi connectivity index (χ3n) is 3.04. The maximum absolute atomic E-state index is 12.2. The lowest BCUT2D eigenvalue weighted by Gasteiger charge is -2.12. The predicted molar refractivity (Wildman–Crippen MR) is 88.1 cm³/mol. The Kier molecular flexibility index (Phi) is 5.28. The van der Waals surface area contributed by atoms with Crippen LogP contribution in [0.2, 0.25) is 0 Å². The Labute approximate surface area is 129 Å². The fourth-order valence-electron chi connectivity index (χ4n) is 1.82. The lowest BCUT2D eigenvalue weighted by molar-refractivity contribution is -0.115. The minimum absolute atomic E-state index is 0.0196. The van der Waals surface area contributed by atoms with Gasteiger partial charge in [-0.25, -0.2) is 0 Å². The average molecular weight is 301 g/mol. The molecule has 0 heterocycles. The number of amides is 1. The molecule has 3 nitrogen and oxygen atoms in total. The summed E-state index contributed by atoms with van der Waals surface area (Å²) in [5, 5.41) is 2.74. The van der Waals surface area contributed by atoms with Gasteiger partial charge < -0.3 is 10.1 Å². The molecular formula is C17H19NO2S. The zero-order valence-electron chi connectivity index (χ0n) is 12.4. The van der Waals surface area contributed by atoms with E-state index in [1.165, 1.54) is 5.56 Å². The Morgan fingerprint density at radius 2 is 1.90 bits per heavy atom. The maximum Gasteiger partial charge on any atom is 0.237 e. The molecule has 2 aromatic carbocycles. The Hall–Kier alpha value is -1.94. The van der Waals surface area contributed by atoms with Gasteiger partial charge in [0, 0.05) is 16.6 Å². The molecule has 1 amide bonds. The molecule has 0 aliphatic carbocycles. The van der Waals surface area contributed by atoms with Crippen molar-refractivity contribution in [2.45, 2.75) is 24.0 Å². The van der Waals surface area contributed by atoms with Crippen molar-refractivity contribution in [1.82, 2.24) is 0 Å². The average Bonchev–Trinajstić information content (AvgIpc) is 2.49. The molecule has 110 valence electrons. The molecule has 2 aromatic rings. The van der Waals surface area contributed by atoms with Gasteiger partial charge in [0.15, 0.2) is 0 Å². The number of anilines is 1. The molecule has 0 aromatic heterocycles. The van der Waals surface area contributed by atoms with Crippen LogP contribution in [0.5, 0.6) is 5.75 Å². The number of carbonyl (C=O) groups excluding carboxylic acids is 1. The van der Waals surface area contributed by atoms with Gasteiger partial charge in [-0.3, -0.25) is 4.79 Å². The molecular weight excluding hydrogens is 282 g/mol. The fraction of sp³-hybridized carbons (Fsp3) is 0.235. The normalized spacial score (nSPS) is 11.8. The summed E-state index contributed by atoms with van der Waals surface area (Å²) in [4.78, 5) is 13.3. The second-order valence-electron chi connectivity index (χ2n) is 4.79. The van der Waals surface area contributed by atoms with Crippen LogP contribution in [-0.4, -0.2) is 18.3 Å². The quantitative estimate of drug-likeness (QED) is 0.844. The van der Waals surface area contributed by atoms with Crippen molar-refractivity contribution in [3.05, 3.63) is 54.1 Å². The van der Waals surface area contributed by atoms with E-state index in [1.807, 2.05) is 44.2 Å². The molecule has 4 heteroatoms. The van der Waals surface area contributed by atoms with Crippen molar-refractivity contribution in [2.24, 2.45) is 0 Å². The van der Waals surface area contributed by atoms with Gasteiger partial charge in [-0.2, -0.15) is 0 Å². The lowest BCUT2D eigenvalue weighted by atomic mass is 10.2. The highest BCUT2D eigenvalue weighted by atomic mass is 32.2. The maximum atomic E-state index is 12.2. The second kappa shape index (κ2) is 7.18. The highest BCUT2D eigenvalue weighted by molar-refractivity contribution is 8.00. The van der Waals surface area contributed by atoms with Crippen molar-refractivity contribution in [2.75, 3.05) is 12.4 Å². The molecule has 0 unspecified atom stereocenters. The van der Waals surface area contributed by atoms with E-state index in [9.17, 15) is 4.79 Å². The fourth-order valence-corrected chi connectivity index (χ4v) is 2.69. The van der Waals surface area contributed by atoms with Crippen molar-refractivity contribution < 1.29 is 9.53 Å². The minimum Gasteiger partial charge on any atom is -0.497 e. The first-order chi connectivity index (χ1) is 10.1. The van der Waals surface area contributed by atoms with Crippen LogP contribution in [0.25, 0.3) is 0 Å². The van der Waals surface area contributed by atoms with E-state index in [0.717, 1.165) is 16.3 Å². The minimum atomic E-state index is -0.168. The van der Waals surface area contributed by atoms with E-state index in [-0.39, 0.29) is 11.2 Å². The number of hydrogen-bond acceptors (Lipinski definition) is 3. The molecule has 1 N–H and O–H groups in total. The van der Waals surface area contributed by atoms with E-state index in [2.05, 4.69) is 17.4 Å². The van der Waals surface area contributed by atoms with Crippen molar-refractivity contribution >= 4 is 23.4 Å². The number of methoxy groups -OCH3 is 1. The molecule has 1 atom stereocenters. The standard InChI is InChI=1S/C17H19NO2S/c1-12-7-9-16(10-8-12)21-13(2)17(19)18-14-5-4-6-15(11-14)20-3/h4-11,13H,1-3H3,(H,18,19)/t13-/m1/s1. The first-order valence-electron chi connectivity index (χ1n) is 6.77. The number of hydrogen-bond donors (Lipinski definition) is 1. The number of aryl methyl sites for hydroxylation is 1. The van der Waals surface area contributed by atoms with Gasteiger partial charge in [-0.05, 0) is 38.1 Å². The number of thioether (sulfide) groups is 1. The molecule has 0 radical (unpaired) electrons. The van der Waals surface area contributed by atoms with E-state index in [4.69, 9.17) is 4.74 Å². The van der Waals surface area contributed by atoms with Gasteiger partial charge in [-0.15, -0.1) is 11.8 Å². The van der Waals surface area contributed by atoms with Crippen molar-refractivity contribution in [1.29, 1.82) is 0 Å². The van der Waals surface area contributed by atoms with Crippen LogP contribution in [0.4, 0.5) is 5.69 Å². The van der Waals surface area contributed by atoms with Crippen LogP contribution in [0.15, 0.2) is 53.4 Å². The van der Waals surface area contributed by atoms with Gasteiger partial charge >= 0.3 is 0 Å². The van der Waals surface area contributed by atoms with Gasteiger partial charge in [0.2, 0.25) is 5.91 Å². The number of nitrogens with one attached hydrogen (secondary N) is 1. The van der Waals surface area contributed by atoms with Gasteiger partial charge in [0.25, 0.3) is 0 Å². The summed E-state index contributed by atoms with van der Waals surface area (Å²) in [6.07, 6.45) is 0. The summed E-state index contributed by atoms with van der Waals surface area (Å²) in [6.45, 7) is 3.95. The monoisotopic (exact) mass is 301 g/mol. The van der Waals surface area contributed by atoms with Crippen LogP contribution in [0.3, 0.4) is 0 Å². The Morgan fingerprint density at radius 3 is 2.57 bits per heavy atom. The topological polar surface area (TPSA) is 38.3 Å². The molecule has 0 bridgehead atoms. The number of rotatable bonds is 5. The van der Waals surface area contributed by atoms with Crippen LogP contribution >= 0.6 is 11.8 Å². The van der Waals surface area contributed by atoms with E-state index in [0.29, 0.717) is 0 Å². The molecule has 0 saturated carbocycles. The van der Waals surface area contributed by atoms with E-state index >= 15 is 0 Å². The smallest absolute Gasteiger partial charge is 0.237 e. The molecule has 0 aliphatic heterocycles. The summed E-state index contributed by atoms with van der Waals surface area (Å²) < 4.78 is 5.15. The molecule has 0 fully saturated rings. The zero-order valence-corrected chi connectivity index (χ0v) is 13.2. The van der Waals surface area contributed by atoms with Crippen LogP contribution < -0.4 is 10.1 Å². The van der Waals surface area contributed by atoms with Crippen LogP contribution in [0, 0.1) is 6.92 Å². The SMILES string of the molecule is COc1cccc(NC(=O)[C@@H](C)Sc2ccc(C)cc2)c1. The van der Waals surface area contributed by atoms with Gasteiger partial charge in [0.05, 0.1) is 12.4 Å². The Morgan fingerprint density at radius 1 is 1.19 bits per heavy atom.